The highest BCUT2D eigenvalue weighted by Gasteiger charge is 2.06. The maximum absolute atomic E-state index is 5.60. The minimum Gasteiger partial charge on any atom is -0.312 e. The van der Waals surface area contributed by atoms with Gasteiger partial charge in [-0.3, -0.25) is 0 Å². The number of hydrogen-bond donors (Lipinski definition) is 1. The molecule has 1 aromatic rings. The molecule has 0 fully saturated rings. The highest BCUT2D eigenvalue weighted by molar-refractivity contribution is 7.94. The molecule has 3 heteroatoms. The van der Waals surface area contributed by atoms with Crippen molar-refractivity contribution in [3.05, 3.63) is 29.8 Å². The number of hydrogen-bond acceptors (Lipinski definition) is 3. The number of benzene rings is 1. The Morgan fingerprint density at radius 1 is 1.05 bits per heavy atom. The molecule has 0 saturated carbocycles. The molecule has 108 valence electrons. The maximum atomic E-state index is 5.60. The van der Waals surface area contributed by atoms with Crippen LogP contribution in [-0.2, 0) is 4.18 Å². The smallest absolute Gasteiger partial charge is 0.0618 e. The third-order valence-electron chi connectivity index (χ3n) is 2.74. The van der Waals surface area contributed by atoms with Crippen molar-refractivity contribution in [1.29, 1.82) is 0 Å². The molecule has 0 saturated heterocycles. The molecular weight excluding hydrogens is 254 g/mol. The van der Waals surface area contributed by atoms with Crippen molar-refractivity contribution in [2.75, 3.05) is 13.2 Å². The minimum atomic E-state index is 0.234. The molecule has 1 rings (SSSR count). The molecule has 0 amide bonds. The van der Waals surface area contributed by atoms with E-state index in [4.69, 9.17) is 4.18 Å². The molecule has 1 N–H and O–H groups in total. The number of rotatable bonds is 8. The lowest BCUT2D eigenvalue weighted by molar-refractivity contribution is 0.350. The van der Waals surface area contributed by atoms with Gasteiger partial charge in [-0.15, -0.1) is 0 Å². The summed E-state index contributed by atoms with van der Waals surface area (Å²) in [6, 6.07) is 8.44. The number of nitrogens with one attached hydrogen (secondary N) is 1. The molecule has 0 unspecified atom stereocenters. The number of aryl methyl sites for hydroxylation is 1. The van der Waals surface area contributed by atoms with Crippen molar-refractivity contribution >= 4 is 12.0 Å². The number of unbranched alkanes of at least 4 members (excludes halogenated alkanes) is 2. The molecule has 0 aliphatic rings. The van der Waals surface area contributed by atoms with Crippen LogP contribution in [0.3, 0.4) is 0 Å². The normalized spacial score (nSPS) is 11.8. The molecule has 1 aromatic carbocycles. The van der Waals surface area contributed by atoms with Gasteiger partial charge < -0.3 is 9.50 Å². The van der Waals surface area contributed by atoms with E-state index in [1.807, 2.05) is 0 Å². The molecular formula is C16H27NOS. The fourth-order valence-corrected chi connectivity index (χ4v) is 2.21. The van der Waals surface area contributed by atoms with Crippen molar-refractivity contribution in [2.24, 2.45) is 0 Å². The lowest BCUT2D eigenvalue weighted by Gasteiger charge is -2.20. The maximum Gasteiger partial charge on any atom is 0.0618 e. The van der Waals surface area contributed by atoms with Crippen molar-refractivity contribution < 1.29 is 4.18 Å². The van der Waals surface area contributed by atoms with E-state index in [1.165, 1.54) is 35.3 Å². The van der Waals surface area contributed by atoms with E-state index in [1.54, 1.807) is 0 Å². The van der Waals surface area contributed by atoms with Crippen LogP contribution in [0.15, 0.2) is 29.2 Å². The van der Waals surface area contributed by atoms with Crippen molar-refractivity contribution in [3.63, 3.8) is 0 Å². The first kappa shape index (κ1) is 16.5. The second kappa shape index (κ2) is 8.62. The van der Waals surface area contributed by atoms with E-state index >= 15 is 0 Å². The Morgan fingerprint density at radius 3 is 2.37 bits per heavy atom. The first-order valence-corrected chi connectivity index (χ1v) is 7.83. The van der Waals surface area contributed by atoms with Crippen LogP contribution in [-0.4, -0.2) is 18.7 Å². The van der Waals surface area contributed by atoms with Gasteiger partial charge in [-0.25, -0.2) is 0 Å². The van der Waals surface area contributed by atoms with Gasteiger partial charge in [0.2, 0.25) is 0 Å². The van der Waals surface area contributed by atoms with Gasteiger partial charge in [0.25, 0.3) is 0 Å². The highest BCUT2D eigenvalue weighted by Crippen LogP contribution is 2.19. The van der Waals surface area contributed by atoms with E-state index in [9.17, 15) is 0 Å². The topological polar surface area (TPSA) is 21.3 Å². The second-order valence-corrected chi connectivity index (χ2v) is 6.83. The Labute approximate surface area is 122 Å². The summed E-state index contributed by atoms with van der Waals surface area (Å²) in [5, 5.41) is 3.50. The quantitative estimate of drug-likeness (QED) is 0.557. The highest BCUT2D eigenvalue weighted by atomic mass is 32.2. The van der Waals surface area contributed by atoms with Gasteiger partial charge in [-0.1, -0.05) is 17.7 Å². The first-order valence-electron chi connectivity index (χ1n) is 7.08. The van der Waals surface area contributed by atoms with E-state index < -0.39 is 0 Å². The minimum absolute atomic E-state index is 0.234. The van der Waals surface area contributed by atoms with E-state index in [-0.39, 0.29) is 5.54 Å². The molecule has 0 aliphatic heterocycles. The molecule has 0 spiro atoms. The first-order chi connectivity index (χ1) is 8.97. The molecule has 0 aliphatic carbocycles. The molecule has 0 atom stereocenters. The van der Waals surface area contributed by atoms with Crippen LogP contribution in [0.2, 0.25) is 0 Å². The molecule has 0 heterocycles. The van der Waals surface area contributed by atoms with E-state index in [2.05, 4.69) is 57.3 Å². The van der Waals surface area contributed by atoms with Gasteiger partial charge >= 0.3 is 0 Å². The van der Waals surface area contributed by atoms with Gasteiger partial charge in [0.05, 0.1) is 6.61 Å². The summed E-state index contributed by atoms with van der Waals surface area (Å²) in [7, 11) is 0. The van der Waals surface area contributed by atoms with Crippen molar-refractivity contribution in [3.8, 4) is 0 Å². The third-order valence-corrected chi connectivity index (χ3v) is 3.49. The Balaban J connectivity index is 1.95. The monoisotopic (exact) mass is 281 g/mol. The molecule has 2 nitrogen and oxygen atoms in total. The Hall–Kier alpha value is -0.510. The molecule has 0 bridgehead atoms. The third kappa shape index (κ3) is 9.09. The Kier molecular flexibility index (Phi) is 7.51. The summed E-state index contributed by atoms with van der Waals surface area (Å²) in [6.07, 6.45) is 3.57. The van der Waals surface area contributed by atoms with E-state index in [0.717, 1.165) is 19.6 Å². The standard InChI is InChI=1S/C16H27NOS/c1-14-8-10-15(11-9-14)19-18-13-7-5-6-12-17-16(2,3)4/h8-11,17H,5-7,12-13H2,1-4H3. The van der Waals surface area contributed by atoms with Gasteiger partial charge in [0.1, 0.15) is 0 Å². The predicted molar refractivity (Wildman–Crippen MR) is 84.6 cm³/mol. The summed E-state index contributed by atoms with van der Waals surface area (Å²) in [6.45, 7) is 10.6. The van der Waals surface area contributed by atoms with Crippen LogP contribution in [0.1, 0.15) is 45.6 Å². The van der Waals surface area contributed by atoms with Crippen LogP contribution in [0.25, 0.3) is 0 Å². The van der Waals surface area contributed by atoms with Gasteiger partial charge in [-0.05, 0) is 65.6 Å². The summed E-state index contributed by atoms with van der Waals surface area (Å²) in [5.41, 5.74) is 1.52. The fraction of sp³-hybridized carbons (Fsp3) is 0.625. The lowest BCUT2D eigenvalue weighted by Crippen LogP contribution is -2.36. The molecule has 0 aromatic heterocycles. The predicted octanol–water partition coefficient (Wildman–Crippen LogP) is 4.58. The van der Waals surface area contributed by atoms with Crippen molar-refractivity contribution in [1.82, 2.24) is 5.32 Å². The summed E-state index contributed by atoms with van der Waals surface area (Å²) >= 11 is 1.48. The Bertz CT molecular complexity index is 343. The SMILES string of the molecule is Cc1ccc(SOCCCCCNC(C)(C)C)cc1. The summed E-state index contributed by atoms with van der Waals surface area (Å²) in [5.74, 6) is 0. The zero-order valence-electron chi connectivity index (χ0n) is 12.7. The van der Waals surface area contributed by atoms with E-state index in [0.29, 0.717) is 0 Å². The largest absolute Gasteiger partial charge is 0.312 e. The summed E-state index contributed by atoms with van der Waals surface area (Å²) < 4.78 is 5.60. The lowest BCUT2D eigenvalue weighted by atomic mass is 10.1. The second-order valence-electron chi connectivity index (χ2n) is 5.96. The van der Waals surface area contributed by atoms with Gasteiger partial charge in [0, 0.05) is 22.5 Å². The van der Waals surface area contributed by atoms with Crippen LogP contribution in [0, 0.1) is 6.92 Å². The van der Waals surface area contributed by atoms with Crippen LogP contribution >= 0.6 is 12.0 Å². The zero-order chi connectivity index (χ0) is 14.1. The molecule has 19 heavy (non-hydrogen) atoms. The van der Waals surface area contributed by atoms with Gasteiger partial charge in [0.15, 0.2) is 0 Å². The van der Waals surface area contributed by atoms with Crippen LogP contribution in [0.5, 0.6) is 0 Å². The van der Waals surface area contributed by atoms with Crippen molar-refractivity contribution in [2.45, 2.75) is 57.4 Å². The zero-order valence-corrected chi connectivity index (χ0v) is 13.5. The summed E-state index contributed by atoms with van der Waals surface area (Å²) in [4.78, 5) is 1.18. The Morgan fingerprint density at radius 2 is 1.74 bits per heavy atom. The van der Waals surface area contributed by atoms with Crippen LogP contribution in [0.4, 0.5) is 0 Å². The molecule has 0 radical (unpaired) electrons. The average molecular weight is 281 g/mol. The van der Waals surface area contributed by atoms with Crippen LogP contribution < -0.4 is 5.32 Å². The average Bonchev–Trinajstić information content (AvgIpc) is 2.33. The fourth-order valence-electron chi connectivity index (χ4n) is 1.63. The van der Waals surface area contributed by atoms with Gasteiger partial charge in [-0.2, -0.15) is 0 Å².